The Morgan fingerprint density at radius 3 is 2.47 bits per heavy atom. The van der Waals surface area contributed by atoms with Gasteiger partial charge in [-0.3, -0.25) is 9.59 Å². The molecule has 5 nitrogen and oxygen atoms in total. The number of amides is 2. The van der Waals surface area contributed by atoms with Gasteiger partial charge in [-0.05, 0) is 48.6 Å². The van der Waals surface area contributed by atoms with E-state index in [1.54, 1.807) is 23.8 Å². The Labute approximate surface area is 212 Å². The highest BCUT2D eigenvalue weighted by molar-refractivity contribution is 7.99. The number of rotatable bonds is 11. The Bertz CT molecular complexity index is 932. The molecule has 0 spiro atoms. The van der Waals surface area contributed by atoms with Crippen molar-refractivity contribution in [1.29, 1.82) is 0 Å². The van der Waals surface area contributed by atoms with Crippen molar-refractivity contribution in [2.24, 2.45) is 0 Å². The van der Waals surface area contributed by atoms with Crippen molar-refractivity contribution in [3.05, 3.63) is 64.7 Å². The summed E-state index contributed by atoms with van der Waals surface area (Å²) in [6, 6.07) is 15.0. The van der Waals surface area contributed by atoms with E-state index in [9.17, 15) is 9.59 Å². The zero-order valence-electron chi connectivity index (χ0n) is 20.1. The first-order valence-corrected chi connectivity index (χ1v) is 13.6. The van der Waals surface area contributed by atoms with E-state index in [0.29, 0.717) is 29.5 Å². The molecule has 0 saturated heterocycles. The molecule has 1 saturated carbocycles. The first-order valence-electron chi connectivity index (χ1n) is 12.1. The molecular formula is C27H35ClN2O3S. The fourth-order valence-corrected chi connectivity index (χ4v) is 5.40. The summed E-state index contributed by atoms with van der Waals surface area (Å²) in [6.45, 7) is 2.28. The quantitative estimate of drug-likeness (QED) is 0.419. The van der Waals surface area contributed by atoms with E-state index in [4.69, 9.17) is 16.3 Å². The van der Waals surface area contributed by atoms with Crippen LogP contribution in [0.5, 0.6) is 5.75 Å². The van der Waals surface area contributed by atoms with E-state index < -0.39 is 6.04 Å². The Hall–Kier alpha value is -2.18. The summed E-state index contributed by atoms with van der Waals surface area (Å²) in [7, 11) is 1.64. The average Bonchev–Trinajstić information content (AvgIpc) is 2.86. The topological polar surface area (TPSA) is 58.6 Å². The lowest BCUT2D eigenvalue weighted by molar-refractivity contribution is -0.139. The predicted octanol–water partition coefficient (Wildman–Crippen LogP) is 5.84. The van der Waals surface area contributed by atoms with Crippen molar-refractivity contribution in [3.8, 4) is 5.75 Å². The maximum absolute atomic E-state index is 13.4. The van der Waals surface area contributed by atoms with Gasteiger partial charge in [0, 0.05) is 23.4 Å². The van der Waals surface area contributed by atoms with E-state index in [2.05, 4.69) is 5.32 Å². The monoisotopic (exact) mass is 502 g/mol. The van der Waals surface area contributed by atoms with Crippen LogP contribution in [0.4, 0.5) is 0 Å². The number of hydrogen-bond donors (Lipinski definition) is 1. The second-order valence-corrected chi connectivity index (χ2v) is 10.1. The van der Waals surface area contributed by atoms with E-state index >= 15 is 0 Å². The van der Waals surface area contributed by atoms with Crippen molar-refractivity contribution >= 4 is 35.2 Å². The molecule has 0 heterocycles. The molecule has 0 aromatic heterocycles. The van der Waals surface area contributed by atoms with Crippen LogP contribution < -0.4 is 10.1 Å². The standard InChI is InChI=1S/C27H35ClN2O3S/c1-3-25(27(32)29-22-10-5-4-6-11-22)30(17-21-9-7-8-12-24(21)28)26(31)19-34-18-20-13-15-23(33-2)16-14-20/h7-9,12-16,22,25H,3-6,10-11,17-19H2,1-2H3,(H,29,32)/t25-/m0/s1. The van der Waals surface area contributed by atoms with Crippen LogP contribution in [0.3, 0.4) is 0 Å². The minimum atomic E-state index is -0.521. The third-order valence-corrected chi connectivity index (χ3v) is 7.65. The molecule has 1 fully saturated rings. The molecule has 2 aromatic rings. The molecule has 2 amide bonds. The molecule has 0 unspecified atom stereocenters. The largest absolute Gasteiger partial charge is 0.497 e. The van der Waals surface area contributed by atoms with Crippen molar-refractivity contribution in [2.45, 2.75) is 69.8 Å². The van der Waals surface area contributed by atoms with Gasteiger partial charge in [-0.25, -0.2) is 0 Å². The highest BCUT2D eigenvalue weighted by Gasteiger charge is 2.30. The number of nitrogens with one attached hydrogen (secondary N) is 1. The van der Waals surface area contributed by atoms with Gasteiger partial charge in [-0.2, -0.15) is 0 Å². The van der Waals surface area contributed by atoms with Crippen molar-refractivity contribution in [3.63, 3.8) is 0 Å². The van der Waals surface area contributed by atoms with Gasteiger partial charge in [0.15, 0.2) is 0 Å². The first kappa shape index (κ1) is 26.4. The number of halogens is 1. The molecule has 34 heavy (non-hydrogen) atoms. The molecule has 1 aliphatic rings. The molecule has 184 valence electrons. The number of benzene rings is 2. The van der Waals surface area contributed by atoms with Gasteiger partial charge in [-0.1, -0.05) is 68.1 Å². The van der Waals surface area contributed by atoms with Crippen LogP contribution in [0.25, 0.3) is 0 Å². The van der Waals surface area contributed by atoms with Crippen molar-refractivity contribution in [1.82, 2.24) is 10.2 Å². The maximum Gasteiger partial charge on any atom is 0.243 e. The number of thioether (sulfide) groups is 1. The minimum absolute atomic E-state index is 0.0518. The van der Waals surface area contributed by atoms with E-state index in [1.807, 2.05) is 55.5 Å². The van der Waals surface area contributed by atoms with Gasteiger partial charge in [0.25, 0.3) is 0 Å². The second-order valence-electron chi connectivity index (χ2n) is 8.72. The van der Waals surface area contributed by atoms with Gasteiger partial charge < -0.3 is 15.0 Å². The van der Waals surface area contributed by atoms with Crippen LogP contribution in [-0.2, 0) is 21.9 Å². The summed E-state index contributed by atoms with van der Waals surface area (Å²) in [5.41, 5.74) is 1.97. The number of carbonyl (C=O) groups excluding carboxylic acids is 2. The molecule has 2 aromatic carbocycles. The SMILES string of the molecule is CC[C@@H](C(=O)NC1CCCCC1)N(Cc1ccccc1Cl)C(=O)CSCc1ccc(OC)cc1. The summed E-state index contributed by atoms with van der Waals surface area (Å²) in [5.74, 6) is 1.70. The van der Waals surface area contributed by atoms with Crippen LogP contribution in [-0.4, -0.2) is 41.7 Å². The number of nitrogens with zero attached hydrogens (tertiary/aromatic N) is 1. The maximum atomic E-state index is 13.4. The molecule has 0 aliphatic heterocycles. The highest BCUT2D eigenvalue weighted by Crippen LogP contribution is 2.23. The van der Waals surface area contributed by atoms with Crippen LogP contribution in [0.1, 0.15) is 56.6 Å². The van der Waals surface area contributed by atoms with Crippen LogP contribution >= 0.6 is 23.4 Å². The Balaban J connectivity index is 1.69. The fourth-order valence-electron chi connectivity index (χ4n) is 4.33. The number of carbonyl (C=O) groups is 2. The Morgan fingerprint density at radius 2 is 1.82 bits per heavy atom. The third-order valence-electron chi connectivity index (χ3n) is 6.29. The Kier molecular flexibility index (Phi) is 10.6. The van der Waals surface area contributed by atoms with E-state index in [1.165, 1.54) is 6.42 Å². The van der Waals surface area contributed by atoms with Crippen molar-refractivity contribution < 1.29 is 14.3 Å². The summed E-state index contributed by atoms with van der Waals surface area (Å²) in [6.07, 6.45) is 6.10. The van der Waals surface area contributed by atoms with E-state index in [-0.39, 0.29) is 17.9 Å². The average molecular weight is 503 g/mol. The lowest BCUT2D eigenvalue weighted by atomic mass is 9.95. The third kappa shape index (κ3) is 7.67. The summed E-state index contributed by atoms with van der Waals surface area (Å²) < 4.78 is 5.21. The lowest BCUT2D eigenvalue weighted by Crippen LogP contribution is -2.52. The van der Waals surface area contributed by atoms with E-state index in [0.717, 1.165) is 42.6 Å². The van der Waals surface area contributed by atoms with Gasteiger partial charge >= 0.3 is 0 Å². The van der Waals surface area contributed by atoms with Crippen LogP contribution in [0, 0.1) is 0 Å². The molecule has 3 rings (SSSR count). The molecule has 1 aliphatic carbocycles. The summed E-state index contributed by atoms with van der Waals surface area (Å²) in [4.78, 5) is 28.4. The number of methoxy groups -OCH3 is 1. The van der Waals surface area contributed by atoms with Gasteiger partial charge in [0.2, 0.25) is 11.8 Å². The number of hydrogen-bond acceptors (Lipinski definition) is 4. The molecule has 1 atom stereocenters. The van der Waals surface area contributed by atoms with Gasteiger partial charge in [0.1, 0.15) is 11.8 Å². The molecule has 1 N–H and O–H groups in total. The molecule has 7 heteroatoms. The summed E-state index contributed by atoms with van der Waals surface area (Å²) in [5, 5.41) is 3.82. The zero-order valence-corrected chi connectivity index (χ0v) is 21.7. The molecule has 0 bridgehead atoms. The predicted molar refractivity (Wildman–Crippen MR) is 140 cm³/mol. The van der Waals surface area contributed by atoms with Crippen LogP contribution in [0.2, 0.25) is 5.02 Å². The fraction of sp³-hybridized carbons (Fsp3) is 0.481. The van der Waals surface area contributed by atoms with Gasteiger partial charge in [-0.15, -0.1) is 11.8 Å². The minimum Gasteiger partial charge on any atom is -0.497 e. The van der Waals surface area contributed by atoms with Gasteiger partial charge in [0.05, 0.1) is 12.9 Å². The lowest BCUT2D eigenvalue weighted by Gasteiger charge is -2.33. The normalized spacial score (nSPS) is 14.9. The first-order chi connectivity index (χ1) is 16.5. The molecular weight excluding hydrogens is 468 g/mol. The number of ether oxygens (including phenoxy) is 1. The molecule has 0 radical (unpaired) electrons. The zero-order chi connectivity index (χ0) is 24.3. The summed E-state index contributed by atoms with van der Waals surface area (Å²) >= 11 is 7.96. The van der Waals surface area contributed by atoms with Crippen LogP contribution in [0.15, 0.2) is 48.5 Å². The Morgan fingerprint density at radius 1 is 1.12 bits per heavy atom. The second kappa shape index (κ2) is 13.6. The highest BCUT2D eigenvalue weighted by atomic mass is 35.5. The van der Waals surface area contributed by atoms with Crippen molar-refractivity contribution in [2.75, 3.05) is 12.9 Å². The smallest absolute Gasteiger partial charge is 0.243 e.